The molecule has 2 nitrogen and oxygen atoms in total. The molecular weight excluding hydrogens is 140 g/mol. The smallest absolute Gasteiger partial charge is 0.161 e. The Bertz CT molecular complexity index is 140. The molecular formula is C9H16O2. The van der Waals surface area contributed by atoms with Crippen LogP contribution in [0.1, 0.15) is 26.7 Å². The minimum absolute atomic E-state index is 0.0219. The first kappa shape index (κ1) is 8.75. The van der Waals surface area contributed by atoms with Crippen LogP contribution in [0.5, 0.6) is 0 Å². The standard InChI is InChI=1S/C9H16O2/c1-4-5-8-10-7-6-9(2,3)11-8/h4,8H,1,5-7H2,2-3H3. The highest BCUT2D eigenvalue weighted by Gasteiger charge is 2.27. The molecule has 0 amide bonds. The molecule has 0 aromatic rings. The van der Waals surface area contributed by atoms with Crippen molar-refractivity contribution >= 4 is 0 Å². The van der Waals surface area contributed by atoms with Crippen LogP contribution in [0.4, 0.5) is 0 Å². The van der Waals surface area contributed by atoms with Gasteiger partial charge in [-0.15, -0.1) is 6.58 Å². The lowest BCUT2D eigenvalue weighted by Crippen LogP contribution is -2.38. The van der Waals surface area contributed by atoms with Crippen LogP contribution < -0.4 is 0 Å². The van der Waals surface area contributed by atoms with E-state index in [0.29, 0.717) is 0 Å². The Labute approximate surface area is 68.2 Å². The molecule has 1 heterocycles. The predicted molar refractivity (Wildman–Crippen MR) is 44.3 cm³/mol. The van der Waals surface area contributed by atoms with Crippen LogP contribution in [0, 0.1) is 0 Å². The molecule has 0 aromatic carbocycles. The SMILES string of the molecule is C=CCC1OCCC(C)(C)O1. The molecule has 1 rings (SSSR count). The highest BCUT2D eigenvalue weighted by molar-refractivity contribution is 4.77. The Morgan fingerprint density at radius 3 is 2.91 bits per heavy atom. The average Bonchev–Trinajstić information content (AvgIpc) is 1.85. The Balaban J connectivity index is 2.39. The van der Waals surface area contributed by atoms with E-state index in [1.807, 2.05) is 6.08 Å². The summed E-state index contributed by atoms with van der Waals surface area (Å²) in [5.41, 5.74) is -0.0219. The summed E-state index contributed by atoms with van der Waals surface area (Å²) < 4.78 is 11.0. The molecule has 0 radical (unpaired) electrons. The van der Waals surface area contributed by atoms with Crippen molar-refractivity contribution in [1.82, 2.24) is 0 Å². The van der Waals surface area contributed by atoms with Crippen LogP contribution in [0.15, 0.2) is 12.7 Å². The van der Waals surface area contributed by atoms with E-state index in [4.69, 9.17) is 9.47 Å². The van der Waals surface area contributed by atoms with Crippen LogP contribution in [0.3, 0.4) is 0 Å². The Morgan fingerprint density at radius 1 is 1.64 bits per heavy atom. The van der Waals surface area contributed by atoms with E-state index in [2.05, 4.69) is 20.4 Å². The molecule has 1 atom stereocenters. The number of ether oxygens (including phenoxy) is 2. The van der Waals surface area contributed by atoms with Crippen LogP contribution in [-0.2, 0) is 9.47 Å². The van der Waals surface area contributed by atoms with Crippen molar-refractivity contribution in [3.05, 3.63) is 12.7 Å². The lowest BCUT2D eigenvalue weighted by molar-refractivity contribution is -0.242. The van der Waals surface area contributed by atoms with Gasteiger partial charge in [-0.3, -0.25) is 0 Å². The Morgan fingerprint density at radius 2 is 2.36 bits per heavy atom. The van der Waals surface area contributed by atoms with Gasteiger partial charge in [-0.25, -0.2) is 0 Å². The molecule has 0 aliphatic carbocycles. The van der Waals surface area contributed by atoms with Gasteiger partial charge in [-0.05, 0) is 20.3 Å². The molecule has 0 aromatic heterocycles. The normalized spacial score (nSPS) is 29.8. The van der Waals surface area contributed by atoms with Gasteiger partial charge in [-0.2, -0.15) is 0 Å². The first-order valence-electron chi connectivity index (χ1n) is 4.04. The number of rotatable bonds is 2. The van der Waals surface area contributed by atoms with Gasteiger partial charge in [0.15, 0.2) is 6.29 Å². The minimum Gasteiger partial charge on any atom is -0.352 e. The summed E-state index contributed by atoms with van der Waals surface area (Å²) in [7, 11) is 0. The van der Waals surface area contributed by atoms with E-state index in [-0.39, 0.29) is 11.9 Å². The lowest BCUT2D eigenvalue weighted by Gasteiger charge is -2.35. The van der Waals surface area contributed by atoms with Gasteiger partial charge in [0.05, 0.1) is 12.2 Å². The van der Waals surface area contributed by atoms with Crippen molar-refractivity contribution < 1.29 is 9.47 Å². The fraction of sp³-hybridized carbons (Fsp3) is 0.778. The van der Waals surface area contributed by atoms with Crippen LogP contribution in [-0.4, -0.2) is 18.5 Å². The van der Waals surface area contributed by atoms with Crippen molar-refractivity contribution in [3.8, 4) is 0 Å². The Kier molecular flexibility index (Phi) is 2.68. The largest absolute Gasteiger partial charge is 0.352 e. The molecule has 1 fully saturated rings. The first-order valence-corrected chi connectivity index (χ1v) is 4.04. The fourth-order valence-corrected chi connectivity index (χ4v) is 1.14. The maximum absolute atomic E-state index is 5.62. The molecule has 1 aliphatic heterocycles. The highest BCUT2D eigenvalue weighted by atomic mass is 16.7. The van der Waals surface area contributed by atoms with E-state index in [1.54, 1.807) is 0 Å². The zero-order valence-corrected chi connectivity index (χ0v) is 7.30. The minimum atomic E-state index is -0.0729. The number of hydrogen-bond donors (Lipinski definition) is 0. The van der Waals surface area contributed by atoms with Gasteiger partial charge in [-0.1, -0.05) is 6.08 Å². The maximum Gasteiger partial charge on any atom is 0.161 e. The second kappa shape index (κ2) is 3.37. The van der Waals surface area contributed by atoms with E-state index >= 15 is 0 Å². The fourth-order valence-electron chi connectivity index (χ4n) is 1.14. The van der Waals surface area contributed by atoms with E-state index in [1.165, 1.54) is 0 Å². The molecule has 1 aliphatic rings. The number of hydrogen-bond acceptors (Lipinski definition) is 2. The third kappa shape index (κ3) is 2.64. The molecule has 0 saturated carbocycles. The molecule has 11 heavy (non-hydrogen) atoms. The zero-order chi connectivity index (χ0) is 8.32. The molecule has 64 valence electrons. The van der Waals surface area contributed by atoms with E-state index in [0.717, 1.165) is 19.4 Å². The van der Waals surface area contributed by atoms with E-state index < -0.39 is 0 Å². The molecule has 0 N–H and O–H groups in total. The molecule has 0 spiro atoms. The van der Waals surface area contributed by atoms with Crippen molar-refractivity contribution in [3.63, 3.8) is 0 Å². The van der Waals surface area contributed by atoms with Gasteiger partial charge >= 0.3 is 0 Å². The average molecular weight is 156 g/mol. The second-order valence-electron chi connectivity index (χ2n) is 3.45. The summed E-state index contributed by atoms with van der Waals surface area (Å²) in [5, 5.41) is 0. The Hall–Kier alpha value is -0.340. The van der Waals surface area contributed by atoms with E-state index in [9.17, 15) is 0 Å². The third-order valence-electron chi connectivity index (χ3n) is 1.82. The summed E-state index contributed by atoms with van der Waals surface area (Å²) >= 11 is 0. The van der Waals surface area contributed by atoms with Crippen molar-refractivity contribution in [1.29, 1.82) is 0 Å². The monoisotopic (exact) mass is 156 g/mol. The third-order valence-corrected chi connectivity index (χ3v) is 1.82. The molecule has 1 unspecified atom stereocenters. The van der Waals surface area contributed by atoms with Crippen molar-refractivity contribution in [2.75, 3.05) is 6.61 Å². The van der Waals surface area contributed by atoms with Gasteiger partial charge in [0, 0.05) is 6.42 Å². The summed E-state index contributed by atoms with van der Waals surface area (Å²) in [6, 6.07) is 0. The summed E-state index contributed by atoms with van der Waals surface area (Å²) in [5.74, 6) is 0. The lowest BCUT2D eigenvalue weighted by atomic mass is 10.1. The van der Waals surface area contributed by atoms with Gasteiger partial charge < -0.3 is 9.47 Å². The van der Waals surface area contributed by atoms with Crippen LogP contribution in [0.2, 0.25) is 0 Å². The second-order valence-corrected chi connectivity index (χ2v) is 3.45. The van der Waals surface area contributed by atoms with Crippen LogP contribution >= 0.6 is 0 Å². The molecule has 2 heteroatoms. The topological polar surface area (TPSA) is 18.5 Å². The molecule has 0 bridgehead atoms. The van der Waals surface area contributed by atoms with Crippen LogP contribution in [0.25, 0.3) is 0 Å². The molecule has 1 saturated heterocycles. The maximum atomic E-state index is 5.62. The highest BCUT2D eigenvalue weighted by Crippen LogP contribution is 2.24. The summed E-state index contributed by atoms with van der Waals surface area (Å²) in [4.78, 5) is 0. The van der Waals surface area contributed by atoms with Gasteiger partial charge in [0.25, 0.3) is 0 Å². The summed E-state index contributed by atoms with van der Waals surface area (Å²) in [6.45, 7) is 8.62. The zero-order valence-electron chi connectivity index (χ0n) is 7.30. The van der Waals surface area contributed by atoms with Gasteiger partial charge in [0.1, 0.15) is 0 Å². The quantitative estimate of drug-likeness (QED) is 0.570. The van der Waals surface area contributed by atoms with Gasteiger partial charge in [0.2, 0.25) is 0 Å². The first-order chi connectivity index (χ1) is 5.14. The summed E-state index contributed by atoms with van der Waals surface area (Å²) in [6.07, 6.45) is 3.51. The van der Waals surface area contributed by atoms with Crippen molar-refractivity contribution in [2.45, 2.75) is 38.6 Å². The predicted octanol–water partition coefficient (Wildman–Crippen LogP) is 2.10. The van der Waals surface area contributed by atoms with Crippen molar-refractivity contribution in [2.24, 2.45) is 0 Å².